The van der Waals surface area contributed by atoms with E-state index in [2.05, 4.69) is 4.98 Å². The van der Waals surface area contributed by atoms with Gasteiger partial charge in [-0.05, 0) is 24.0 Å². The number of rotatable bonds is 6. The molecule has 0 radical (unpaired) electrons. The van der Waals surface area contributed by atoms with E-state index in [1.807, 2.05) is 44.2 Å². The minimum atomic E-state index is -0.947. The standard InChI is InChI=1S/C17H19NO3/c1-12(2)10-15-14(17(19)20)8-9-18-16(15)21-11-13-6-4-3-5-7-13/h3-9,12H,10-11H2,1-2H3,(H,19,20). The Morgan fingerprint density at radius 1 is 1.24 bits per heavy atom. The number of aromatic carboxylic acids is 1. The maximum atomic E-state index is 11.3. The molecule has 0 unspecified atom stereocenters. The summed E-state index contributed by atoms with van der Waals surface area (Å²) in [6.45, 7) is 4.46. The summed E-state index contributed by atoms with van der Waals surface area (Å²) in [5.74, 6) is -0.212. The highest BCUT2D eigenvalue weighted by molar-refractivity contribution is 5.89. The molecule has 0 spiro atoms. The van der Waals surface area contributed by atoms with Crippen molar-refractivity contribution in [2.45, 2.75) is 26.9 Å². The van der Waals surface area contributed by atoms with Gasteiger partial charge in [0.1, 0.15) is 6.61 Å². The van der Waals surface area contributed by atoms with Crippen molar-refractivity contribution in [1.29, 1.82) is 0 Å². The average molecular weight is 285 g/mol. The molecule has 21 heavy (non-hydrogen) atoms. The Morgan fingerprint density at radius 3 is 2.57 bits per heavy atom. The molecule has 1 aromatic heterocycles. The van der Waals surface area contributed by atoms with E-state index in [1.165, 1.54) is 12.3 Å². The van der Waals surface area contributed by atoms with Gasteiger partial charge in [-0.15, -0.1) is 0 Å². The van der Waals surface area contributed by atoms with Crippen LogP contribution in [0.2, 0.25) is 0 Å². The highest BCUT2D eigenvalue weighted by Gasteiger charge is 2.17. The summed E-state index contributed by atoms with van der Waals surface area (Å²) < 4.78 is 5.74. The van der Waals surface area contributed by atoms with Crippen molar-refractivity contribution >= 4 is 5.97 Å². The first kappa shape index (κ1) is 15.0. The van der Waals surface area contributed by atoms with Crippen molar-refractivity contribution in [1.82, 2.24) is 4.98 Å². The van der Waals surface area contributed by atoms with Crippen molar-refractivity contribution in [3.8, 4) is 5.88 Å². The number of benzene rings is 1. The third-order valence-corrected chi connectivity index (χ3v) is 3.08. The maximum absolute atomic E-state index is 11.3. The highest BCUT2D eigenvalue weighted by Crippen LogP contribution is 2.24. The van der Waals surface area contributed by atoms with Gasteiger partial charge in [0.25, 0.3) is 0 Å². The fraction of sp³-hybridized carbons (Fsp3) is 0.294. The number of pyridine rings is 1. The van der Waals surface area contributed by atoms with Gasteiger partial charge in [0.2, 0.25) is 5.88 Å². The molecular weight excluding hydrogens is 266 g/mol. The average Bonchev–Trinajstić information content (AvgIpc) is 2.46. The number of carbonyl (C=O) groups is 1. The van der Waals surface area contributed by atoms with Gasteiger partial charge >= 0.3 is 5.97 Å². The third-order valence-electron chi connectivity index (χ3n) is 3.08. The summed E-state index contributed by atoms with van der Waals surface area (Å²) in [5.41, 5.74) is 1.95. The number of hydrogen-bond donors (Lipinski definition) is 1. The fourth-order valence-electron chi connectivity index (χ4n) is 2.13. The van der Waals surface area contributed by atoms with E-state index in [1.54, 1.807) is 0 Å². The van der Waals surface area contributed by atoms with Crippen LogP contribution in [0, 0.1) is 5.92 Å². The smallest absolute Gasteiger partial charge is 0.336 e. The van der Waals surface area contributed by atoms with Crippen molar-refractivity contribution < 1.29 is 14.6 Å². The van der Waals surface area contributed by atoms with Gasteiger partial charge in [-0.25, -0.2) is 9.78 Å². The highest BCUT2D eigenvalue weighted by atomic mass is 16.5. The molecule has 0 atom stereocenters. The van der Waals surface area contributed by atoms with Crippen molar-refractivity contribution in [3.05, 3.63) is 59.3 Å². The minimum absolute atomic E-state index is 0.266. The quantitative estimate of drug-likeness (QED) is 0.881. The number of nitrogens with zero attached hydrogens (tertiary/aromatic N) is 1. The fourth-order valence-corrected chi connectivity index (χ4v) is 2.13. The lowest BCUT2D eigenvalue weighted by Crippen LogP contribution is -2.10. The Hall–Kier alpha value is -2.36. The molecule has 0 saturated heterocycles. The Kier molecular flexibility index (Phi) is 4.93. The summed E-state index contributed by atoms with van der Waals surface area (Å²) >= 11 is 0. The summed E-state index contributed by atoms with van der Waals surface area (Å²) in [4.78, 5) is 15.6. The van der Waals surface area contributed by atoms with Crippen LogP contribution in [0.1, 0.15) is 35.3 Å². The van der Waals surface area contributed by atoms with Crippen LogP contribution in [0.25, 0.3) is 0 Å². The van der Waals surface area contributed by atoms with Crippen molar-refractivity contribution in [3.63, 3.8) is 0 Å². The predicted octanol–water partition coefficient (Wildman–Crippen LogP) is 3.56. The zero-order valence-electron chi connectivity index (χ0n) is 12.2. The molecule has 1 aromatic carbocycles. The molecule has 2 aromatic rings. The Labute approximate surface area is 124 Å². The van der Waals surface area contributed by atoms with Crippen LogP contribution in [0.5, 0.6) is 5.88 Å². The SMILES string of the molecule is CC(C)Cc1c(C(=O)O)ccnc1OCc1ccccc1. The van der Waals surface area contributed by atoms with Crippen LogP contribution in [-0.2, 0) is 13.0 Å². The van der Waals surface area contributed by atoms with E-state index < -0.39 is 5.97 Å². The first-order chi connectivity index (χ1) is 10.1. The van der Waals surface area contributed by atoms with E-state index in [4.69, 9.17) is 4.74 Å². The summed E-state index contributed by atoms with van der Waals surface area (Å²) in [5, 5.41) is 9.30. The monoisotopic (exact) mass is 285 g/mol. The van der Waals surface area contributed by atoms with Gasteiger partial charge < -0.3 is 9.84 Å². The second-order valence-corrected chi connectivity index (χ2v) is 5.32. The van der Waals surface area contributed by atoms with Gasteiger partial charge in [-0.2, -0.15) is 0 Å². The minimum Gasteiger partial charge on any atom is -0.478 e. The normalized spacial score (nSPS) is 10.6. The molecule has 4 nitrogen and oxygen atoms in total. The largest absolute Gasteiger partial charge is 0.478 e. The Bertz CT molecular complexity index is 609. The van der Waals surface area contributed by atoms with Crippen molar-refractivity contribution in [2.24, 2.45) is 5.92 Å². The summed E-state index contributed by atoms with van der Waals surface area (Å²) in [7, 11) is 0. The number of carboxylic acids is 1. The molecule has 0 saturated carbocycles. The number of carboxylic acid groups (broad SMARTS) is 1. The molecule has 0 amide bonds. The van der Waals surface area contributed by atoms with Gasteiger partial charge in [-0.3, -0.25) is 0 Å². The van der Waals surface area contributed by atoms with E-state index in [9.17, 15) is 9.90 Å². The summed E-state index contributed by atoms with van der Waals surface area (Å²) in [6.07, 6.45) is 2.10. The lowest BCUT2D eigenvalue weighted by molar-refractivity contribution is 0.0694. The molecule has 1 N–H and O–H groups in total. The second kappa shape index (κ2) is 6.88. The molecule has 1 heterocycles. The third kappa shape index (κ3) is 4.05. The molecule has 0 bridgehead atoms. The Morgan fingerprint density at radius 2 is 1.95 bits per heavy atom. The molecule has 0 aliphatic rings. The zero-order chi connectivity index (χ0) is 15.2. The van der Waals surface area contributed by atoms with E-state index in [0.717, 1.165) is 5.56 Å². The van der Waals surface area contributed by atoms with Crippen LogP contribution < -0.4 is 4.74 Å². The van der Waals surface area contributed by atoms with Gasteiger partial charge in [0.05, 0.1) is 5.56 Å². The van der Waals surface area contributed by atoms with Gasteiger partial charge in [0, 0.05) is 11.8 Å². The maximum Gasteiger partial charge on any atom is 0.336 e. The topological polar surface area (TPSA) is 59.4 Å². The second-order valence-electron chi connectivity index (χ2n) is 5.32. The lowest BCUT2D eigenvalue weighted by Gasteiger charge is -2.14. The van der Waals surface area contributed by atoms with Crippen molar-refractivity contribution in [2.75, 3.05) is 0 Å². The molecule has 0 aliphatic heterocycles. The molecule has 2 rings (SSSR count). The van der Waals surface area contributed by atoms with Gasteiger partial charge in [-0.1, -0.05) is 44.2 Å². The molecule has 4 heteroatoms. The Balaban J connectivity index is 2.25. The number of hydrogen-bond acceptors (Lipinski definition) is 3. The van der Waals surface area contributed by atoms with E-state index in [0.29, 0.717) is 30.4 Å². The number of ether oxygens (including phenoxy) is 1. The van der Waals surface area contributed by atoms with E-state index >= 15 is 0 Å². The molecule has 0 aliphatic carbocycles. The van der Waals surface area contributed by atoms with Crippen LogP contribution in [0.3, 0.4) is 0 Å². The summed E-state index contributed by atoms with van der Waals surface area (Å²) in [6, 6.07) is 11.3. The molecule has 110 valence electrons. The van der Waals surface area contributed by atoms with Crippen LogP contribution in [0.15, 0.2) is 42.6 Å². The predicted molar refractivity (Wildman–Crippen MR) is 80.5 cm³/mol. The van der Waals surface area contributed by atoms with E-state index in [-0.39, 0.29) is 5.56 Å². The first-order valence-corrected chi connectivity index (χ1v) is 6.96. The molecule has 0 fully saturated rings. The van der Waals surface area contributed by atoms with Crippen LogP contribution >= 0.6 is 0 Å². The van der Waals surface area contributed by atoms with Crippen LogP contribution in [0.4, 0.5) is 0 Å². The number of aromatic nitrogens is 1. The molecular formula is C17H19NO3. The first-order valence-electron chi connectivity index (χ1n) is 6.96. The van der Waals surface area contributed by atoms with Crippen LogP contribution in [-0.4, -0.2) is 16.1 Å². The zero-order valence-corrected chi connectivity index (χ0v) is 12.2. The van der Waals surface area contributed by atoms with Gasteiger partial charge in [0.15, 0.2) is 0 Å². The lowest BCUT2D eigenvalue weighted by atomic mass is 9.99.